The number of pyridine rings is 1. The van der Waals surface area contributed by atoms with Gasteiger partial charge in [0.25, 0.3) is 5.91 Å². The van der Waals surface area contributed by atoms with E-state index in [2.05, 4.69) is 25.3 Å². The third kappa shape index (κ3) is 4.20. The van der Waals surface area contributed by atoms with Crippen molar-refractivity contribution in [1.82, 2.24) is 19.9 Å². The van der Waals surface area contributed by atoms with Gasteiger partial charge in [-0.05, 0) is 12.1 Å². The number of aromatic nitrogens is 4. The Hall–Kier alpha value is -3.61. The van der Waals surface area contributed by atoms with E-state index in [1.807, 2.05) is 0 Å². The van der Waals surface area contributed by atoms with Crippen LogP contribution in [0.1, 0.15) is 25.6 Å². The van der Waals surface area contributed by atoms with Gasteiger partial charge < -0.3 is 9.47 Å². The fourth-order valence-corrected chi connectivity index (χ4v) is 3.15. The second-order valence-corrected chi connectivity index (χ2v) is 6.53. The van der Waals surface area contributed by atoms with Gasteiger partial charge in [-0.1, -0.05) is 11.3 Å². The SMILES string of the molecule is COc1ncnc(OC)c1C(=O)Nc1nc(-c2ccc(C(F)(F)F)cn2)c(C=O)s1. The van der Waals surface area contributed by atoms with E-state index in [9.17, 15) is 22.8 Å². The zero-order valence-electron chi connectivity index (χ0n) is 15.4. The molecular formula is C17H12F3N5O4S. The smallest absolute Gasteiger partial charge is 0.417 e. The molecule has 9 nitrogen and oxygen atoms in total. The number of thiazole rings is 1. The predicted molar refractivity (Wildman–Crippen MR) is 98.8 cm³/mol. The summed E-state index contributed by atoms with van der Waals surface area (Å²) in [5.74, 6) is -0.810. The van der Waals surface area contributed by atoms with Crippen molar-refractivity contribution in [3.63, 3.8) is 0 Å². The number of alkyl halides is 3. The summed E-state index contributed by atoms with van der Waals surface area (Å²) in [7, 11) is 2.61. The summed E-state index contributed by atoms with van der Waals surface area (Å²) in [5, 5.41) is 2.48. The summed E-state index contributed by atoms with van der Waals surface area (Å²) in [6.07, 6.45) is -2.29. The van der Waals surface area contributed by atoms with Gasteiger partial charge in [0.05, 0.1) is 30.4 Å². The first-order valence-electron chi connectivity index (χ1n) is 8.02. The van der Waals surface area contributed by atoms with Crippen LogP contribution in [0.2, 0.25) is 0 Å². The molecule has 0 saturated carbocycles. The third-order valence-electron chi connectivity index (χ3n) is 3.71. The average molecular weight is 439 g/mol. The monoisotopic (exact) mass is 439 g/mol. The number of nitrogens with one attached hydrogen (secondary N) is 1. The van der Waals surface area contributed by atoms with E-state index in [1.54, 1.807) is 0 Å². The van der Waals surface area contributed by atoms with E-state index < -0.39 is 17.6 Å². The van der Waals surface area contributed by atoms with Crippen molar-refractivity contribution < 1.29 is 32.2 Å². The van der Waals surface area contributed by atoms with E-state index >= 15 is 0 Å². The van der Waals surface area contributed by atoms with Crippen LogP contribution in [0.3, 0.4) is 0 Å². The number of nitrogens with zero attached hydrogens (tertiary/aromatic N) is 4. The van der Waals surface area contributed by atoms with Gasteiger partial charge in [0, 0.05) is 6.20 Å². The average Bonchev–Trinajstić information content (AvgIpc) is 3.15. The molecule has 3 rings (SSSR count). The molecule has 0 aliphatic rings. The molecule has 0 fully saturated rings. The molecule has 0 aliphatic carbocycles. The van der Waals surface area contributed by atoms with Gasteiger partial charge in [-0.2, -0.15) is 13.2 Å². The number of carbonyl (C=O) groups excluding carboxylic acids is 2. The van der Waals surface area contributed by atoms with Crippen LogP contribution in [0.4, 0.5) is 18.3 Å². The molecule has 1 amide bonds. The lowest BCUT2D eigenvalue weighted by atomic mass is 10.2. The van der Waals surface area contributed by atoms with Crippen molar-refractivity contribution in [3.05, 3.63) is 40.7 Å². The minimum Gasteiger partial charge on any atom is -0.480 e. The van der Waals surface area contributed by atoms with Crippen LogP contribution in [0, 0.1) is 0 Å². The first kappa shape index (κ1) is 21.1. The van der Waals surface area contributed by atoms with Crippen molar-refractivity contribution >= 4 is 28.7 Å². The normalized spacial score (nSPS) is 11.1. The summed E-state index contributed by atoms with van der Waals surface area (Å²) < 4.78 is 48.2. The number of carbonyl (C=O) groups is 2. The second-order valence-electron chi connectivity index (χ2n) is 5.50. The first-order chi connectivity index (χ1) is 14.3. The van der Waals surface area contributed by atoms with Crippen LogP contribution in [0.25, 0.3) is 11.4 Å². The predicted octanol–water partition coefficient (Wildman–Crippen LogP) is 3.10. The van der Waals surface area contributed by atoms with Crippen molar-refractivity contribution in [2.45, 2.75) is 6.18 Å². The summed E-state index contributed by atoms with van der Waals surface area (Å²) in [6.45, 7) is 0. The number of rotatable bonds is 6. The fraction of sp³-hybridized carbons (Fsp3) is 0.176. The molecule has 0 spiro atoms. The lowest BCUT2D eigenvalue weighted by Crippen LogP contribution is -2.16. The summed E-state index contributed by atoms with van der Waals surface area (Å²) >= 11 is 0.818. The van der Waals surface area contributed by atoms with E-state index in [0.717, 1.165) is 29.8 Å². The molecule has 13 heteroatoms. The Bertz CT molecular complexity index is 1060. The second kappa shape index (κ2) is 8.41. The molecule has 3 aromatic heterocycles. The number of ether oxygens (including phenoxy) is 2. The quantitative estimate of drug-likeness (QED) is 0.583. The maximum absolute atomic E-state index is 12.7. The molecule has 0 bridgehead atoms. The maximum Gasteiger partial charge on any atom is 0.417 e. The highest BCUT2D eigenvalue weighted by atomic mass is 32.1. The largest absolute Gasteiger partial charge is 0.480 e. The van der Waals surface area contributed by atoms with Crippen LogP contribution >= 0.6 is 11.3 Å². The van der Waals surface area contributed by atoms with Gasteiger partial charge in [0.1, 0.15) is 12.0 Å². The molecule has 156 valence electrons. The lowest BCUT2D eigenvalue weighted by Gasteiger charge is -2.09. The van der Waals surface area contributed by atoms with Gasteiger partial charge in [-0.25, -0.2) is 15.0 Å². The Morgan fingerprint density at radius 2 is 1.80 bits per heavy atom. The number of anilines is 1. The minimum atomic E-state index is -4.55. The maximum atomic E-state index is 12.7. The van der Waals surface area contributed by atoms with Gasteiger partial charge in [-0.15, -0.1) is 0 Å². The minimum absolute atomic E-state index is 0.00626. The zero-order valence-corrected chi connectivity index (χ0v) is 16.2. The Kier molecular flexibility index (Phi) is 5.91. The van der Waals surface area contributed by atoms with Gasteiger partial charge in [-0.3, -0.25) is 19.9 Å². The number of halogens is 3. The van der Waals surface area contributed by atoms with Crippen LogP contribution in [0.5, 0.6) is 11.8 Å². The molecule has 0 saturated heterocycles. The van der Waals surface area contributed by atoms with Crippen LogP contribution < -0.4 is 14.8 Å². The molecule has 30 heavy (non-hydrogen) atoms. The first-order valence-corrected chi connectivity index (χ1v) is 8.84. The van der Waals surface area contributed by atoms with E-state index in [0.29, 0.717) is 12.5 Å². The highest BCUT2D eigenvalue weighted by Gasteiger charge is 2.31. The van der Waals surface area contributed by atoms with Crippen LogP contribution in [-0.2, 0) is 6.18 Å². The Morgan fingerprint density at radius 1 is 1.13 bits per heavy atom. The van der Waals surface area contributed by atoms with Crippen molar-refractivity contribution in [2.24, 2.45) is 0 Å². The van der Waals surface area contributed by atoms with Crippen molar-refractivity contribution in [2.75, 3.05) is 19.5 Å². The highest BCUT2D eigenvalue weighted by Crippen LogP contribution is 2.33. The molecule has 0 radical (unpaired) electrons. The molecule has 3 aromatic rings. The fourth-order valence-electron chi connectivity index (χ4n) is 2.37. The standard InChI is InChI=1S/C17H12F3N5O4S/c1-28-14-11(15(29-2)23-7-22-14)13(27)25-16-24-12(10(6-26)30-16)9-4-3-8(5-21-9)17(18,19)20/h3-7H,1-2H3,(H,24,25,27). The molecule has 0 unspecified atom stereocenters. The summed E-state index contributed by atoms with van der Waals surface area (Å²) in [4.78, 5) is 39.6. The van der Waals surface area contributed by atoms with Gasteiger partial charge in [0.2, 0.25) is 11.8 Å². The molecule has 1 N–H and O–H groups in total. The summed E-state index contributed by atoms with van der Waals surface area (Å²) in [6, 6.07) is 1.92. The number of amides is 1. The Labute approximate surface area is 170 Å². The van der Waals surface area contributed by atoms with Crippen LogP contribution in [0.15, 0.2) is 24.7 Å². The number of hydrogen-bond donors (Lipinski definition) is 1. The molecular weight excluding hydrogens is 427 g/mol. The van der Waals surface area contributed by atoms with Crippen LogP contribution in [-0.4, -0.2) is 46.3 Å². The number of aldehydes is 1. The number of methoxy groups -OCH3 is 2. The third-order valence-corrected chi connectivity index (χ3v) is 4.60. The van der Waals surface area contributed by atoms with E-state index in [4.69, 9.17) is 9.47 Å². The zero-order chi connectivity index (χ0) is 21.9. The molecule has 0 atom stereocenters. The Morgan fingerprint density at radius 3 is 2.30 bits per heavy atom. The summed E-state index contributed by atoms with van der Waals surface area (Å²) in [5.41, 5.74) is -0.965. The Balaban J connectivity index is 1.92. The molecule has 0 aromatic carbocycles. The molecule has 3 heterocycles. The van der Waals surface area contributed by atoms with Crippen molar-refractivity contribution in [1.29, 1.82) is 0 Å². The molecule has 0 aliphatic heterocycles. The van der Waals surface area contributed by atoms with Crippen molar-refractivity contribution in [3.8, 4) is 23.1 Å². The van der Waals surface area contributed by atoms with E-state index in [1.165, 1.54) is 14.2 Å². The number of hydrogen-bond acceptors (Lipinski definition) is 9. The van der Waals surface area contributed by atoms with Gasteiger partial charge in [0.15, 0.2) is 17.0 Å². The van der Waals surface area contributed by atoms with Gasteiger partial charge >= 0.3 is 6.18 Å². The van der Waals surface area contributed by atoms with E-state index in [-0.39, 0.29) is 38.7 Å². The lowest BCUT2D eigenvalue weighted by molar-refractivity contribution is -0.137. The topological polar surface area (TPSA) is 116 Å². The highest BCUT2D eigenvalue weighted by molar-refractivity contribution is 7.17.